The summed E-state index contributed by atoms with van der Waals surface area (Å²) in [4.78, 5) is 21.3. The first-order valence-corrected chi connectivity index (χ1v) is 6.54. The van der Waals surface area contributed by atoms with E-state index in [-0.39, 0.29) is 34.8 Å². The smallest absolute Gasteiger partial charge is 0.319 e. The summed E-state index contributed by atoms with van der Waals surface area (Å²) in [6, 6.07) is 0. The van der Waals surface area contributed by atoms with Crippen LogP contribution in [0, 0.1) is 0 Å². The first kappa shape index (κ1) is 15.6. The minimum atomic E-state index is -0.323. The Kier molecular flexibility index (Phi) is 8.56. The van der Waals surface area contributed by atoms with Crippen molar-refractivity contribution >= 4 is 43.8 Å². The molecular weight excluding hydrogens is 344 g/mol. The van der Waals surface area contributed by atoms with Gasteiger partial charge in [-0.15, -0.1) is 0 Å². The third-order valence-electron chi connectivity index (χ3n) is 1.46. The Morgan fingerprint density at radius 1 is 1.00 bits per heavy atom. The van der Waals surface area contributed by atoms with Crippen molar-refractivity contribution in [1.29, 1.82) is 0 Å². The van der Waals surface area contributed by atoms with Gasteiger partial charge in [0.25, 0.3) is 0 Å². The number of carbonyl (C=O) groups excluding carboxylic acids is 2. The van der Waals surface area contributed by atoms with Crippen molar-refractivity contribution in [3.05, 3.63) is 12.2 Å². The zero-order valence-corrected chi connectivity index (χ0v) is 12.3. The molecule has 2 unspecified atom stereocenters. The van der Waals surface area contributed by atoms with Gasteiger partial charge in [0.15, 0.2) is 0 Å². The van der Waals surface area contributed by atoms with E-state index in [2.05, 4.69) is 31.9 Å². The Hall–Kier alpha value is -0.360. The van der Waals surface area contributed by atoms with Gasteiger partial charge < -0.3 is 9.47 Å². The molecule has 0 aliphatic rings. The average Bonchev–Trinajstić information content (AvgIpc) is 2.21. The van der Waals surface area contributed by atoms with E-state index in [1.165, 1.54) is 0 Å². The highest BCUT2D eigenvalue weighted by Crippen LogP contribution is 2.00. The van der Waals surface area contributed by atoms with Gasteiger partial charge in [-0.1, -0.05) is 31.9 Å². The summed E-state index contributed by atoms with van der Waals surface area (Å²) < 4.78 is 9.67. The SMILES string of the molecule is CC(Br)C(=O)OC/C=C/COC(=O)C(C)Br. The zero-order chi connectivity index (χ0) is 12.6. The van der Waals surface area contributed by atoms with E-state index < -0.39 is 0 Å². The summed E-state index contributed by atoms with van der Waals surface area (Å²) in [5.41, 5.74) is 0. The molecule has 6 heteroatoms. The topological polar surface area (TPSA) is 52.6 Å². The van der Waals surface area contributed by atoms with Crippen molar-refractivity contribution < 1.29 is 19.1 Å². The van der Waals surface area contributed by atoms with Crippen LogP contribution in [0.15, 0.2) is 12.2 Å². The standard InChI is InChI=1S/C10H14Br2O4/c1-7(11)9(13)15-5-3-4-6-16-10(14)8(2)12/h3-4,7-8H,5-6H2,1-2H3/b4-3+. The second-order valence-electron chi connectivity index (χ2n) is 2.96. The molecule has 0 saturated carbocycles. The number of halogens is 2. The van der Waals surface area contributed by atoms with Gasteiger partial charge in [-0.3, -0.25) is 9.59 Å². The Labute approximate surface area is 112 Å². The van der Waals surface area contributed by atoms with Gasteiger partial charge in [0.1, 0.15) is 22.9 Å². The average molecular weight is 358 g/mol. The molecule has 0 N–H and O–H groups in total. The van der Waals surface area contributed by atoms with E-state index in [0.29, 0.717) is 0 Å². The van der Waals surface area contributed by atoms with Crippen LogP contribution in [0.2, 0.25) is 0 Å². The van der Waals surface area contributed by atoms with Crippen molar-refractivity contribution in [2.24, 2.45) is 0 Å². The fourth-order valence-electron chi connectivity index (χ4n) is 0.626. The third-order valence-corrected chi connectivity index (χ3v) is 2.21. The molecule has 0 aromatic rings. The van der Waals surface area contributed by atoms with E-state index in [4.69, 9.17) is 9.47 Å². The van der Waals surface area contributed by atoms with E-state index in [0.717, 1.165) is 0 Å². The molecule has 0 radical (unpaired) electrons. The highest BCUT2D eigenvalue weighted by molar-refractivity contribution is 9.10. The van der Waals surface area contributed by atoms with Crippen molar-refractivity contribution in [3.8, 4) is 0 Å². The van der Waals surface area contributed by atoms with E-state index in [9.17, 15) is 9.59 Å². The van der Waals surface area contributed by atoms with Crippen LogP contribution in [0.5, 0.6) is 0 Å². The van der Waals surface area contributed by atoms with Crippen LogP contribution in [-0.2, 0) is 19.1 Å². The normalized spacial score (nSPS) is 14.5. The molecule has 0 aliphatic carbocycles. The summed E-state index contributed by atoms with van der Waals surface area (Å²) in [6.45, 7) is 3.73. The predicted octanol–water partition coefficient (Wildman–Crippen LogP) is 2.20. The van der Waals surface area contributed by atoms with Crippen LogP contribution in [0.3, 0.4) is 0 Å². The van der Waals surface area contributed by atoms with Crippen molar-refractivity contribution in [3.63, 3.8) is 0 Å². The third kappa shape index (κ3) is 7.87. The second-order valence-corrected chi connectivity index (χ2v) is 5.71. The van der Waals surface area contributed by atoms with Gasteiger partial charge in [-0.05, 0) is 26.0 Å². The first-order chi connectivity index (χ1) is 7.45. The second kappa shape index (κ2) is 8.75. The molecule has 4 nitrogen and oxygen atoms in total. The number of rotatable bonds is 6. The minimum Gasteiger partial charge on any atom is -0.461 e. The Morgan fingerprint density at radius 2 is 1.31 bits per heavy atom. The maximum Gasteiger partial charge on any atom is 0.319 e. The minimum absolute atomic E-state index is 0.177. The summed E-state index contributed by atoms with van der Waals surface area (Å²) in [5.74, 6) is -0.647. The van der Waals surface area contributed by atoms with Crippen LogP contribution < -0.4 is 0 Å². The van der Waals surface area contributed by atoms with Crippen LogP contribution in [-0.4, -0.2) is 34.8 Å². The summed E-state index contributed by atoms with van der Waals surface area (Å²) >= 11 is 6.17. The summed E-state index contributed by atoms with van der Waals surface area (Å²) in [7, 11) is 0. The fraction of sp³-hybridized carbons (Fsp3) is 0.600. The molecule has 0 aliphatic heterocycles. The highest BCUT2D eigenvalue weighted by Gasteiger charge is 2.09. The lowest BCUT2D eigenvalue weighted by molar-refractivity contribution is -0.142. The van der Waals surface area contributed by atoms with Crippen LogP contribution in [0.4, 0.5) is 0 Å². The summed E-state index contributed by atoms with van der Waals surface area (Å²) in [5, 5.41) is 0. The Bertz CT molecular complexity index is 236. The maximum atomic E-state index is 11.0. The number of ether oxygens (including phenoxy) is 2. The molecule has 0 fully saturated rings. The molecule has 92 valence electrons. The van der Waals surface area contributed by atoms with Gasteiger partial charge >= 0.3 is 11.9 Å². The zero-order valence-electron chi connectivity index (χ0n) is 9.11. The number of hydrogen-bond acceptors (Lipinski definition) is 4. The number of hydrogen-bond donors (Lipinski definition) is 0. The van der Waals surface area contributed by atoms with E-state index in [1.807, 2.05) is 0 Å². The van der Waals surface area contributed by atoms with Gasteiger partial charge in [-0.25, -0.2) is 0 Å². The number of carbonyl (C=O) groups is 2. The molecule has 0 rings (SSSR count). The molecule has 0 bridgehead atoms. The maximum absolute atomic E-state index is 11.0. The van der Waals surface area contributed by atoms with Crippen molar-refractivity contribution in [2.75, 3.05) is 13.2 Å². The van der Waals surface area contributed by atoms with E-state index in [1.54, 1.807) is 26.0 Å². The Balaban J connectivity index is 3.56. The largest absolute Gasteiger partial charge is 0.461 e. The molecule has 0 aromatic heterocycles. The van der Waals surface area contributed by atoms with Gasteiger partial charge in [0.05, 0.1) is 0 Å². The number of esters is 2. The molecule has 0 spiro atoms. The molecular formula is C10H14Br2O4. The van der Waals surface area contributed by atoms with Crippen LogP contribution in [0.25, 0.3) is 0 Å². The number of alkyl halides is 2. The lowest BCUT2D eigenvalue weighted by Gasteiger charge is -2.03. The Morgan fingerprint density at radius 3 is 1.56 bits per heavy atom. The quantitative estimate of drug-likeness (QED) is 0.415. The van der Waals surface area contributed by atoms with Crippen molar-refractivity contribution in [1.82, 2.24) is 0 Å². The molecule has 16 heavy (non-hydrogen) atoms. The highest BCUT2D eigenvalue weighted by atomic mass is 79.9. The molecule has 0 saturated heterocycles. The van der Waals surface area contributed by atoms with Gasteiger partial charge in [0.2, 0.25) is 0 Å². The monoisotopic (exact) mass is 356 g/mol. The first-order valence-electron chi connectivity index (χ1n) is 4.71. The fourth-order valence-corrected chi connectivity index (χ4v) is 0.891. The summed E-state index contributed by atoms with van der Waals surface area (Å²) in [6.07, 6.45) is 3.25. The van der Waals surface area contributed by atoms with E-state index >= 15 is 0 Å². The predicted molar refractivity (Wildman–Crippen MR) is 67.8 cm³/mol. The van der Waals surface area contributed by atoms with Crippen LogP contribution in [0.1, 0.15) is 13.8 Å². The molecule has 0 aromatic carbocycles. The lowest BCUT2D eigenvalue weighted by Crippen LogP contribution is -2.14. The van der Waals surface area contributed by atoms with Crippen molar-refractivity contribution in [2.45, 2.75) is 23.5 Å². The van der Waals surface area contributed by atoms with Gasteiger partial charge in [-0.2, -0.15) is 0 Å². The molecule has 0 heterocycles. The lowest BCUT2D eigenvalue weighted by atomic mass is 10.5. The molecule has 0 amide bonds. The van der Waals surface area contributed by atoms with Crippen LogP contribution >= 0.6 is 31.9 Å². The van der Waals surface area contributed by atoms with Gasteiger partial charge in [0, 0.05) is 0 Å². The molecule has 2 atom stereocenters.